The molecule has 176 valence electrons. The maximum atomic E-state index is 12.9. The van der Waals surface area contributed by atoms with Crippen molar-refractivity contribution in [1.82, 2.24) is 10.5 Å². The van der Waals surface area contributed by atoms with Crippen molar-refractivity contribution >= 4 is 35.3 Å². The van der Waals surface area contributed by atoms with Crippen LogP contribution in [0.2, 0.25) is 5.15 Å². The van der Waals surface area contributed by atoms with Crippen LogP contribution in [0.3, 0.4) is 0 Å². The first-order valence-electron chi connectivity index (χ1n) is 9.53. The van der Waals surface area contributed by atoms with Gasteiger partial charge >= 0.3 is 6.18 Å². The first kappa shape index (κ1) is 24.8. The van der Waals surface area contributed by atoms with E-state index < -0.39 is 29.5 Å². The van der Waals surface area contributed by atoms with Crippen LogP contribution in [0.25, 0.3) is 0 Å². The molecule has 3 rings (SSSR count). The molecule has 0 saturated heterocycles. The molecule has 1 aromatic heterocycles. The van der Waals surface area contributed by atoms with E-state index in [0.717, 1.165) is 11.6 Å². The zero-order valence-corrected chi connectivity index (χ0v) is 18.6. The Labute approximate surface area is 197 Å². The van der Waals surface area contributed by atoms with Crippen LogP contribution in [0.4, 0.5) is 13.2 Å². The molecule has 0 saturated carbocycles. The van der Waals surface area contributed by atoms with Gasteiger partial charge in [0.2, 0.25) is 5.88 Å². The minimum Gasteiger partial charge on any atom is -0.481 e. The third kappa shape index (κ3) is 6.83. The first-order valence-corrected chi connectivity index (χ1v) is 10.3. The fourth-order valence-corrected chi connectivity index (χ4v) is 2.73. The summed E-state index contributed by atoms with van der Waals surface area (Å²) < 4.78 is 49.7. The van der Waals surface area contributed by atoms with Gasteiger partial charge in [0.1, 0.15) is 23.3 Å². The Morgan fingerprint density at radius 1 is 1.21 bits per heavy atom. The second-order valence-corrected chi connectivity index (χ2v) is 8.00. The largest absolute Gasteiger partial charge is 0.481 e. The van der Waals surface area contributed by atoms with E-state index in [4.69, 9.17) is 37.5 Å². The smallest absolute Gasteiger partial charge is 0.412 e. The van der Waals surface area contributed by atoms with Crippen LogP contribution in [0.5, 0.6) is 11.5 Å². The fourth-order valence-electron chi connectivity index (χ4n) is 2.49. The average Bonchev–Trinajstić information content (AvgIpc) is 2.77. The summed E-state index contributed by atoms with van der Waals surface area (Å²) in [5.41, 5.74) is 3.00. The predicted octanol–water partition coefficient (Wildman–Crippen LogP) is 4.98. The molecule has 1 N–H and O–H groups in total. The second-order valence-electron chi connectivity index (χ2n) is 6.94. The normalized spacial score (nSPS) is 18.9. The molecule has 2 aromatic rings. The average molecular weight is 504 g/mol. The number of ether oxygens (including phenoxy) is 2. The number of alkyl halides is 4. The van der Waals surface area contributed by atoms with Gasteiger partial charge in [-0.05, 0) is 48.9 Å². The highest BCUT2D eigenvalue weighted by molar-refractivity contribution is 6.33. The number of nitrogens with zero attached hydrogens (tertiary/aromatic N) is 2. The number of pyridine rings is 1. The number of amides is 1. The summed E-state index contributed by atoms with van der Waals surface area (Å²) in [6.07, 6.45) is -2.69. The molecule has 1 aromatic carbocycles. The number of hydrogen-bond acceptors (Lipinski definition) is 6. The number of halogens is 5. The van der Waals surface area contributed by atoms with Gasteiger partial charge in [0.25, 0.3) is 5.91 Å². The molecule has 2 atom stereocenters. The maximum absolute atomic E-state index is 12.9. The van der Waals surface area contributed by atoms with Gasteiger partial charge in [-0.2, -0.15) is 13.2 Å². The second kappa shape index (κ2) is 10.4. The van der Waals surface area contributed by atoms with Crippen molar-refractivity contribution in [2.75, 3.05) is 0 Å². The number of nitrogens with one attached hydrogen (secondary N) is 1. The number of rotatable bonds is 8. The van der Waals surface area contributed by atoms with Gasteiger partial charge in [-0.15, -0.1) is 11.6 Å². The Balaban J connectivity index is 1.45. The van der Waals surface area contributed by atoms with Crippen molar-refractivity contribution in [3.8, 4) is 11.5 Å². The Bertz CT molecular complexity index is 1030. The number of hydroxylamine groups is 1. The standard InChI is InChI=1S/C21H18Cl2F3N3O4/c1-13(19(30)29-31-11-14-2-7-17(22)27-10-14)32-15-3-5-16(6-4-15)33-18-8-9-20(23,12-28-18)21(24,25)26/h2-8,10,12-13H,9,11H2,1H3,(H,29,30)/t13-,20?/m1/s1. The number of benzene rings is 1. The maximum Gasteiger partial charge on any atom is 0.412 e. The van der Waals surface area contributed by atoms with Crippen LogP contribution in [0.1, 0.15) is 18.9 Å². The minimum absolute atomic E-state index is 0.00928. The van der Waals surface area contributed by atoms with Gasteiger partial charge in [-0.1, -0.05) is 17.7 Å². The van der Waals surface area contributed by atoms with Crippen molar-refractivity contribution in [3.05, 3.63) is 65.3 Å². The lowest BCUT2D eigenvalue weighted by Crippen LogP contribution is -2.42. The molecule has 1 aliphatic rings. The van der Waals surface area contributed by atoms with Crippen molar-refractivity contribution in [1.29, 1.82) is 0 Å². The van der Waals surface area contributed by atoms with E-state index in [0.29, 0.717) is 22.9 Å². The van der Waals surface area contributed by atoms with E-state index in [-0.39, 0.29) is 12.5 Å². The van der Waals surface area contributed by atoms with Crippen LogP contribution >= 0.6 is 23.2 Å². The SMILES string of the molecule is C[C@@H](Oc1ccc(OC2=CCC(Cl)(C(F)(F)F)C=N2)cc1)C(=O)NOCc1ccc(Cl)nc1. The molecule has 7 nitrogen and oxygen atoms in total. The van der Waals surface area contributed by atoms with Gasteiger partial charge < -0.3 is 9.47 Å². The van der Waals surface area contributed by atoms with E-state index in [1.54, 1.807) is 12.1 Å². The highest BCUT2D eigenvalue weighted by atomic mass is 35.5. The lowest BCUT2D eigenvalue weighted by molar-refractivity contribution is -0.143. The number of aliphatic imine (C=N–C) groups is 1. The van der Waals surface area contributed by atoms with Gasteiger partial charge in [0, 0.05) is 18.8 Å². The van der Waals surface area contributed by atoms with Crippen molar-refractivity contribution in [2.45, 2.75) is 37.1 Å². The molecule has 1 aliphatic heterocycles. The summed E-state index contributed by atoms with van der Waals surface area (Å²) >= 11 is 11.2. The number of carbonyl (C=O) groups excluding carboxylic acids is 1. The lowest BCUT2D eigenvalue weighted by Gasteiger charge is -2.26. The summed E-state index contributed by atoms with van der Waals surface area (Å²) in [5.74, 6) is 0.167. The summed E-state index contributed by atoms with van der Waals surface area (Å²) in [6.45, 7) is 1.63. The molecule has 0 radical (unpaired) electrons. The number of hydrogen-bond donors (Lipinski definition) is 1. The third-order valence-electron chi connectivity index (χ3n) is 4.37. The zero-order chi connectivity index (χ0) is 24.1. The van der Waals surface area contributed by atoms with Gasteiger partial charge in [0.15, 0.2) is 11.0 Å². The summed E-state index contributed by atoms with van der Waals surface area (Å²) in [4.78, 5) is 22.3. The van der Waals surface area contributed by atoms with Gasteiger partial charge in [0.05, 0.1) is 0 Å². The molecule has 1 unspecified atom stereocenters. The first-order chi connectivity index (χ1) is 15.6. The highest BCUT2D eigenvalue weighted by Gasteiger charge is 2.53. The number of aromatic nitrogens is 1. The van der Waals surface area contributed by atoms with E-state index >= 15 is 0 Å². The molecule has 12 heteroatoms. The highest BCUT2D eigenvalue weighted by Crippen LogP contribution is 2.40. The number of carbonyl (C=O) groups is 1. The van der Waals surface area contributed by atoms with Gasteiger partial charge in [-0.3, -0.25) is 9.63 Å². The summed E-state index contributed by atoms with van der Waals surface area (Å²) in [7, 11) is 0. The van der Waals surface area contributed by atoms with Crippen LogP contribution in [-0.4, -0.2) is 34.3 Å². The topological polar surface area (TPSA) is 82.0 Å². The Morgan fingerprint density at radius 3 is 2.48 bits per heavy atom. The molecular weight excluding hydrogens is 486 g/mol. The molecule has 0 spiro atoms. The van der Waals surface area contributed by atoms with E-state index in [9.17, 15) is 18.0 Å². The van der Waals surface area contributed by atoms with Crippen molar-refractivity contribution < 1.29 is 32.3 Å². The predicted molar refractivity (Wildman–Crippen MR) is 115 cm³/mol. The van der Waals surface area contributed by atoms with E-state index in [1.165, 1.54) is 37.4 Å². The summed E-state index contributed by atoms with van der Waals surface area (Å²) in [5, 5.41) is 0.350. The Morgan fingerprint density at radius 2 is 1.91 bits per heavy atom. The van der Waals surface area contributed by atoms with Crippen LogP contribution in [-0.2, 0) is 16.2 Å². The monoisotopic (exact) mass is 503 g/mol. The Kier molecular flexibility index (Phi) is 7.83. The van der Waals surface area contributed by atoms with Crippen molar-refractivity contribution in [2.24, 2.45) is 4.99 Å². The van der Waals surface area contributed by atoms with Crippen molar-refractivity contribution in [3.63, 3.8) is 0 Å². The van der Waals surface area contributed by atoms with E-state index in [2.05, 4.69) is 15.5 Å². The Hall–Kier alpha value is -2.82. The minimum atomic E-state index is -4.62. The lowest BCUT2D eigenvalue weighted by atomic mass is 10.0. The van der Waals surface area contributed by atoms with E-state index in [1.807, 2.05) is 0 Å². The van der Waals surface area contributed by atoms with Crippen LogP contribution in [0.15, 0.2) is 59.5 Å². The molecule has 33 heavy (non-hydrogen) atoms. The molecule has 2 heterocycles. The zero-order valence-electron chi connectivity index (χ0n) is 17.1. The van der Waals surface area contributed by atoms with Gasteiger partial charge in [-0.25, -0.2) is 15.5 Å². The molecular formula is C21H18Cl2F3N3O4. The molecule has 0 bridgehead atoms. The van der Waals surface area contributed by atoms with Crippen LogP contribution < -0.4 is 15.0 Å². The molecule has 0 fully saturated rings. The number of allylic oxidation sites excluding steroid dienone is 1. The summed E-state index contributed by atoms with van der Waals surface area (Å²) in [6, 6.07) is 9.43. The third-order valence-corrected chi connectivity index (χ3v) is 5.06. The fraction of sp³-hybridized carbons (Fsp3) is 0.286. The molecule has 1 amide bonds. The molecule has 0 aliphatic carbocycles. The quantitative estimate of drug-likeness (QED) is 0.312. The van der Waals surface area contributed by atoms with Crippen LogP contribution in [0, 0.1) is 0 Å².